The summed E-state index contributed by atoms with van der Waals surface area (Å²) in [5.74, 6) is 0.930. The zero-order valence-electron chi connectivity index (χ0n) is 11.5. The van der Waals surface area contributed by atoms with Gasteiger partial charge in [-0.05, 0) is 6.92 Å². The van der Waals surface area contributed by atoms with Crippen LogP contribution in [0.3, 0.4) is 0 Å². The van der Waals surface area contributed by atoms with Crippen LogP contribution in [0.15, 0.2) is 27.8 Å². The Morgan fingerprint density at radius 2 is 2.20 bits per heavy atom. The molecule has 110 valence electrons. The molecule has 6 nitrogen and oxygen atoms in total. The Hall–Kier alpha value is -1.31. The number of nitrogens with zero attached hydrogens (tertiary/aromatic N) is 3. The van der Waals surface area contributed by atoms with E-state index in [1.807, 2.05) is 0 Å². The summed E-state index contributed by atoms with van der Waals surface area (Å²) in [5.41, 5.74) is 0.817. The zero-order chi connectivity index (χ0) is 14.9. The monoisotopic (exact) mass is 317 g/mol. The van der Waals surface area contributed by atoms with Crippen molar-refractivity contribution in [3.05, 3.63) is 35.5 Å². The van der Waals surface area contributed by atoms with E-state index in [1.54, 1.807) is 31.0 Å². The van der Waals surface area contributed by atoms with Gasteiger partial charge in [-0.15, -0.1) is 11.6 Å². The van der Waals surface area contributed by atoms with Crippen molar-refractivity contribution in [2.24, 2.45) is 7.05 Å². The van der Waals surface area contributed by atoms with Gasteiger partial charge in [0.05, 0.1) is 12.1 Å². The lowest BCUT2D eigenvalue weighted by Gasteiger charge is -2.15. The second-order valence-corrected chi connectivity index (χ2v) is 6.83. The van der Waals surface area contributed by atoms with E-state index in [-0.39, 0.29) is 17.3 Å². The molecule has 0 unspecified atom stereocenters. The fraction of sp³-hybridized carbons (Fsp3) is 0.417. The number of hydrogen-bond acceptors (Lipinski definition) is 4. The van der Waals surface area contributed by atoms with Gasteiger partial charge in [-0.2, -0.15) is 9.40 Å². The van der Waals surface area contributed by atoms with Crippen molar-refractivity contribution in [1.29, 1.82) is 0 Å². The Kier molecular flexibility index (Phi) is 4.22. The van der Waals surface area contributed by atoms with Crippen molar-refractivity contribution in [2.75, 3.05) is 7.05 Å². The molecule has 8 heteroatoms. The third kappa shape index (κ3) is 2.89. The molecule has 2 heterocycles. The first-order valence-electron chi connectivity index (χ1n) is 5.93. The second kappa shape index (κ2) is 5.59. The van der Waals surface area contributed by atoms with E-state index in [2.05, 4.69) is 5.10 Å². The first-order valence-corrected chi connectivity index (χ1v) is 7.91. The molecule has 0 aliphatic carbocycles. The topological polar surface area (TPSA) is 68.3 Å². The number of hydrogen-bond donors (Lipinski definition) is 0. The van der Waals surface area contributed by atoms with Crippen LogP contribution in [0, 0.1) is 6.92 Å². The van der Waals surface area contributed by atoms with Gasteiger partial charge in [0.25, 0.3) is 0 Å². The van der Waals surface area contributed by atoms with Gasteiger partial charge in [0.1, 0.15) is 16.4 Å². The average Bonchev–Trinajstić information content (AvgIpc) is 2.95. The minimum atomic E-state index is -3.60. The lowest BCUT2D eigenvalue weighted by molar-refractivity contribution is 0.459. The number of aryl methyl sites for hydroxylation is 2. The van der Waals surface area contributed by atoms with Gasteiger partial charge < -0.3 is 4.42 Å². The van der Waals surface area contributed by atoms with Gasteiger partial charge in [0.2, 0.25) is 10.0 Å². The summed E-state index contributed by atoms with van der Waals surface area (Å²) < 4.78 is 33.2. The maximum Gasteiger partial charge on any atom is 0.246 e. The van der Waals surface area contributed by atoms with Crippen molar-refractivity contribution in [2.45, 2.75) is 24.2 Å². The van der Waals surface area contributed by atoms with Crippen LogP contribution in [0.1, 0.15) is 17.1 Å². The molecule has 20 heavy (non-hydrogen) atoms. The normalized spacial score (nSPS) is 12.2. The SMILES string of the molecule is Cc1oc(CCl)cc1S(=O)(=O)N(C)Cc1cnn(C)c1. The van der Waals surface area contributed by atoms with E-state index >= 15 is 0 Å². The van der Waals surface area contributed by atoms with Gasteiger partial charge in [0, 0.05) is 38.5 Å². The highest BCUT2D eigenvalue weighted by atomic mass is 35.5. The third-order valence-corrected chi connectivity index (χ3v) is 5.08. The van der Waals surface area contributed by atoms with Crippen LogP contribution in [0.25, 0.3) is 0 Å². The van der Waals surface area contributed by atoms with Crippen LogP contribution in [0.5, 0.6) is 0 Å². The van der Waals surface area contributed by atoms with Crippen molar-refractivity contribution in [3.8, 4) is 0 Å². The number of rotatable bonds is 5. The Balaban J connectivity index is 2.26. The predicted molar refractivity (Wildman–Crippen MR) is 74.9 cm³/mol. The molecule has 0 aromatic carbocycles. The molecule has 2 aromatic heterocycles. The molecule has 0 saturated carbocycles. The van der Waals surface area contributed by atoms with E-state index in [1.165, 1.54) is 17.4 Å². The number of alkyl halides is 1. The highest BCUT2D eigenvalue weighted by molar-refractivity contribution is 7.89. The molecule has 0 saturated heterocycles. The van der Waals surface area contributed by atoms with Gasteiger partial charge in [-0.1, -0.05) is 0 Å². The molecule has 2 rings (SSSR count). The highest BCUT2D eigenvalue weighted by Crippen LogP contribution is 2.24. The fourth-order valence-electron chi connectivity index (χ4n) is 1.91. The fourth-order valence-corrected chi connectivity index (χ4v) is 3.38. The van der Waals surface area contributed by atoms with E-state index in [9.17, 15) is 8.42 Å². The Morgan fingerprint density at radius 1 is 1.50 bits per heavy atom. The minimum absolute atomic E-state index is 0.142. The maximum atomic E-state index is 12.5. The number of aromatic nitrogens is 2. The number of halogens is 1. The first kappa shape index (κ1) is 15.1. The number of sulfonamides is 1. The molecule has 0 atom stereocenters. The molecule has 0 fully saturated rings. The van der Waals surface area contributed by atoms with Crippen LogP contribution in [0.2, 0.25) is 0 Å². The van der Waals surface area contributed by atoms with Gasteiger partial charge in [0.15, 0.2) is 0 Å². The Bertz CT molecular complexity index is 705. The second-order valence-electron chi connectivity index (χ2n) is 4.55. The summed E-state index contributed by atoms with van der Waals surface area (Å²) in [6, 6.07) is 1.47. The lowest BCUT2D eigenvalue weighted by atomic mass is 10.4. The van der Waals surface area contributed by atoms with Gasteiger partial charge in [-0.3, -0.25) is 4.68 Å². The third-order valence-electron chi connectivity index (χ3n) is 2.91. The summed E-state index contributed by atoms with van der Waals surface area (Å²) in [7, 11) is -0.298. The standard InChI is InChI=1S/C12H16ClN3O3S/c1-9-12(4-11(5-13)19-9)20(17,18)16(3)8-10-6-14-15(2)7-10/h4,6-7H,5,8H2,1-3H3. The first-order chi connectivity index (χ1) is 9.34. The van der Waals surface area contributed by atoms with Crippen LogP contribution in [0.4, 0.5) is 0 Å². The Morgan fingerprint density at radius 3 is 2.70 bits per heavy atom. The predicted octanol–water partition coefficient (Wildman–Crippen LogP) is 1.88. The highest BCUT2D eigenvalue weighted by Gasteiger charge is 2.26. The summed E-state index contributed by atoms with van der Waals surface area (Å²) in [6.07, 6.45) is 3.41. The molecular formula is C12H16ClN3O3S. The smallest absolute Gasteiger partial charge is 0.246 e. The minimum Gasteiger partial charge on any atom is -0.464 e. The molecule has 2 aromatic rings. The summed E-state index contributed by atoms with van der Waals surface area (Å²) >= 11 is 5.66. The average molecular weight is 318 g/mol. The molecule has 0 aliphatic rings. The van der Waals surface area contributed by atoms with Crippen LogP contribution >= 0.6 is 11.6 Å². The summed E-state index contributed by atoms with van der Waals surface area (Å²) in [4.78, 5) is 0.152. The zero-order valence-corrected chi connectivity index (χ0v) is 13.1. The van der Waals surface area contributed by atoms with Crippen LogP contribution in [-0.2, 0) is 29.5 Å². The quantitative estimate of drug-likeness (QED) is 0.790. The van der Waals surface area contributed by atoms with Crippen LogP contribution in [-0.4, -0.2) is 29.6 Å². The molecule has 0 aliphatic heterocycles. The lowest BCUT2D eigenvalue weighted by Crippen LogP contribution is -2.26. The van der Waals surface area contributed by atoms with Gasteiger partial charge in [-0.25, -0.2) is 8.42 Å². The van der Waals surface area contributed by atoms with E-state index < -0.39 is 10.0 Å². The maximum absolute atomic E-state index is 12.5. The van der Waals surface area contributed by atoms with Crippen molar-refractivity contribution >= 4 is 21.6 Å². The van der Waals surface area contributed by atoms with Crippen molar-refractivity contribution in [3.63, 3.8) is 0 Å². The van der Waals surface area contributed by atoms with Gasteiger partial charge >= 0.3 is 0 Å². The molecule has 0 spiro atoms. The molecule has 0 radical (unpaired) electrons. The molecule has 0 amide bonds. The molecule has 0 N–H and O–H groups in total. The summed E-state index contributed by atoms with van der Waals surface area (Å²) in [6.45, 7) is 1.86. The number of furan rings is 1. The summed E-state index contributed by atoms with van der Waals surface area (Å²) in [5, 5.41) is 4.02. The van der Waals surface area contributed by atoms with Crippen molar-refractivity contribution in [1.82, 2.24) is 14.1 Å². The van der Waals surface area contributed by atoms with E-state index in [4.69, 9.17) is 16.0 Å². The Labute approximate surface area is 123 Å². The molecule has 0 bridgehead atoms. The van der Waals surface area contributed by atoms with E-state index in [0.29, 0.717) is 11.5 Å². The van der Waals surface area contributed by atoms with Crippen LogP contribution < -0.4 is 0 Å². The largest absolute Gasteiger partial charge is 0.464 e. The van der Waals surface area contributed by atoms with Crippen molar-refractivity contribution < 1.29 is 12.8 Å². The molecular weight excluding hydrogens is 302 g/mol. The van der Waals surface area contributed by atoms with E-state index in [0.717, 1.165) is 5.56 Å².